The molecule has 0 spiro atoms. The minimum Gasteiger partial charge on any atom is -0.382 e. The average molecular weight is 319 g/mol. The van der Waals surface area contributed by atoms with E-state index < -0.39 is 9.84 Å². The molecule has 1 aromatic rings. The first-order chi connectivity index (χ1) is 9.49. The first kappa shape index (κ1) is 15.5. The quantitative estimate of drug-likeness (QED) is 0.885. The minimum absolute atomic E-state index is 0.108. The molecule has 0 aliphatic carbocycles. The summed E-state index contributed by atoms with van der Waals surface area (Å²) in [5.41, 5.74) is 5.79. The van der Waals surface area contributed by atoms with Gasteiger partial charge in [0.25, 0.3) is 0 Å². The lowest BCUT2D eigenvalue weighted by Crippen LogP contribution is -2.36. The van der Waals surface area contributed by atoms with Crippen molar-refractivity contribution < 1.29 is 13.2 Å². The predicted octanol–water partition coefficient (Wildman–Crippen LogP) is 1.52. The molecule has 0 atom stereocenters. The van der Waals surface area contributed by atoms with Crippen LogP contribution in [0.4, 0.5) is 10.8 Å². The number of rotatable bonds is 5. The van der Waals surface area contributed by atoms with Crippen molar-refractivity contribution >= 4 is 32.2 Å². The first-order valence-electron chi connectivity index (χ1n) is 6.75. The fourth-order valence-electron chi connectivity index (χ4n) is 2.44. The van der Waals surface area contributed by atoms with Crippen molar-refractivity contribution in [3.63, 3.8) is 0 Å². The summed E-state index contributed by atoms with van der Waals surface area (Å²) in [6.07, 6.45) is 2.61. The Kier molecular flexibility index (Phi) is 4.87. The van der Waals surface area contributed by atoms with E-state index in [-0.39, 0.29) is 22.6 Å². The summed E-state index contributed by atoms with van der Waals surface area (Å²) in [4.78, 5) is 2.28. The van der Waals surface area contributed by atoms with Gasteiger partial charge in [0, 0.05) is 20.2 Å². The zero-order valence-corrected chi connectivity index (χ0v) is 13.5. The van der Waals surface area contributed by atoms with E-state index in [9.17, 15) is 8.42 Å². The highest BCUT2D eigenvalue weighted by Gasteiger charge is 2.30. The number of nitrogen functional groups attached to an aromatic ring is 1. The summed E-state index contributed by atoms with van der Waals surface area (Å²) < 4.78 is 34.0. The largest absolute Gasteiger partial charge is 0.382 e. The topological polar surface area (TPSA) is 85.5 Å². The summed E-state index contributed by atoms with van der Waals surface area (Å²) in [6.45, 7) is 3.39. The molecule has 20 heavy (non-hydrogen) atoms. The number of nitrogens with two attached hydrogens (primary N) is 1. The number of hydrogen-bond donors (Lipinski definition) is 1. The Hall–Kier alpha value is -0.860. The number of sulfone groups is 1. The van der Waals surface area contributed by atoms with Crippen LogP contribution >= 0.6 is 11.5 Å². The summed E-state index contributed by atoms with van der Waals surface area (Å²) in [6, 6.07) is 0. The number of aromatic nitrogens is 1. The highest BCUT2D eigenvalue weighted by Crippen LogP contribution is 2.37. The summed E-state index contributed by atoms with van der Waals surface area (Å²) >= 11 is 1.18. The fraction of sp³-hybridized carbons (Fsp3) is 0.750. The standard InChI is InChI=1S/C12H21N3O3S2/c1-3-8-20(16,17)10-11(13)14-19-12(10)15-6-4-9(18-2)5-7-15/h9H,3-8H2,1-2H3,(H2,13,14). The molecule has 2 heterocycles. The lowest BCUT2D eigenvalue weighted by Gasteiger charge is -2.32. The molecule has 114 valence electrons. The third kappa shape index (κ3) is 3.07. The first-order valence-corrected chi connectivity index (χ1v) is 9.17. The summed E-state index contributed by atoms with van der Waals surface area (Å²) in [5, 5.41) is 0.686. The molecular formula is C12H21N3O3S2. The molecule has 0 aromatic carbocycles. The van der Waals surface area contributed by atoms with Crippen LogP contribution in [0.1, 0.15) is 26.2 Å². The number of ether oxygens (including phenoxy) is 1. The minimum atomic E-state index is -3.35. The molecule has 8 heteroatoms. The number of methoxy groups -OCH3 is 1. The third-order valence-electron chi connectivity index (χ3n) is 3.50. The van der Waals surface area contributed by atoms with Crippen LogP contribution in [0.2, 0.25) is 0 Å². The molecule has 1 aliphatic heterocycles. The summed E-state index contributed by atoms with van der Waals surface area (Å²) in [5.74, 6) is 0.240. The van der Waals surface area contributed by atoms with Gasteiger partial charge < -0.3 is 15.4 Å². The molecule has 2 rings (SSSR count). The lowest BCUT2D eigenvalue weighted by molar-refractivity contribution is 0.0819. The highest BCUT2D eigenvalue weighted by atomic mass is 32.2. The van der Waals surface area contributed by atoms with E-state index in [1.807, 2.05) is 6.92 Å². The van der Waals surface area contributed by atoms with Gasteiger partial charge >= 0.3 is 0 Å². The molecule has 2 N–H and O–H groups in total. The van der Waals surface area contributed by atoms with Crippen LogP contribution in [0.3, 0.4) is 0 Å². The maximum absolute atomic E-state index is 12.3. The number of nitrogens with zero attached hydrogens (tertiary/aromatic N) is 2. The van der Waals surface area contributed by atoms with Crippen LogP contribution < -0.4 is 10.6 Å². The van der Waals surface area contributed by atoms with Gasteiger partial charge in [-0.1, -0.05) is 6.92 Å². The van der Waals surface area contributed by atoms with Crippen LogP contribution in [-0.2, 0) is 14.6 Å². The van der Waals surface area contributed by atoms with Gasteiger partial charge in [0.15, 0.2) is 15.7 Å². The Labute approximate surface area is 124 Å². The molecule has 6 nitrogen and oxygen atoms in total. The molecule has 0 unspecified atom stereocenters. The molecule has 0 amide bonds. The van der Waals surface area contributed by atoms with E-state index in [4.69, 9.17) is 10.5 Å². The van der Waals surface area contributed by atoms with Crippen molar-refractivity contribution in [3.05, 3.63) is 0 Å². The van der Waals surface area contributed by atoms with E-state index in [0.29, 0.717) is 11.4 Å². The average Bonchev–Trinajstić information content (AvgIpc) is 2.81. The molecule has 1 fully saturated rings. The smallest absolute Gasteiger partial charge is 0.185 e. The van der Waals surface area contributed by atoms with Crippen molar-refractivity contribution in [1.82, 2.24) is 4.37 Å². The van der Waals surface area contributed by atoms with E-state index in [2.05, 4.69) is 9.27 Å². The van der Waals surface area contributed by atoms with Crippen molar-refractivity contribution in [3.8, 4) is 0 Å². The number of hydrogen-bond acceptors (Lipinski definition) is 7. The van der Waals surface area contributed by atoms with Crippen LogP contribution in [-0.4, -0.2) is 44.8 Å². The second-order valence-electron chi connectivity index (χ2n) is 4.94. The molecule has 1 saturated heterocycles. The van der Waals surface area contributed by atoms with Gasteiger partial charge in [-0.15, -0.1) is 0 Å². The van der Waals surface area contributed by atoms with Crippen LogP contribution in [0.15, 0.2) is 4.90 Å². The van der Waals surface area contributed by atoms with E-state index in [1.54, 1.807) is 7.11 Å². The molecule has 1 aromatic heterocycles. The van der Waals surface area contributed by atoms with Gasteiger partial charge in [0.1, 0.15) is 9.90 Å². The molecule has 1 aliphatic rings. The maximum Gasteiger partial charge on any atom is 0.185 e. The highest BCUT2D eigenvalue weighted by molar-refractivity contribution is 7.91. The monoisotopic (exact) mass is 319 g/mol. The predicted molar refractivity (Wildman–Crippen MR) is 81.1 cm³/mol. The lowest BCUT2D eigenvalue weighted by atomic mass is 10.1. The van der Waals surface area contributed by atoms with Crippen molar-refractivity contribution in [2.75, 3.05) is 36.6 Å². The van der Waals surface area contributed by atoms with Crippen LogP contribution in [0.25, 0.3) is 0 Å². The summed E-state index contributed by atoms with van der Waals surface area (Å²) in [7, 11) is -1.64. The maximum atomic E-state index is 12.3. The van der Waals surface area contributed by atoms with E-state index >= 15 is 0 Å². The fourth-order valence-corrected chi connectivity index (χ4v) is 5.26. The van der Waals surface area contributed by atoms with Crippen molar-refractivity contribution in [2.24, 2.45) is 0 Å². The van der Waals surface area contributed by atoms with Gasteiger partial charge in [-0.25, -0.2) is 8.42 Å². The van der Waals surface area contributed by atoms with Crippen molar-refractivity contribution in [2.45, 2.75) is 37.2 Å². The molecule has 0 saturated carbocycles. The zero-order valence-electron chi connectivity index (χ0n) is 11.8. The zero-order chi connectivity index (χ0) is 14.8. The van der Waals surface area contributed by atoms with Gasteiger partial charge in [0.2, 0.25) is 0 Å². The van der Waals surface area contributed by atoms with Crippen LogP contribution in [0, 0.1) is 0 Å². The Morgan fingerprint density at radius 2 is 2.10 bits per heavy atom. The van der Waals surface area contributed by atoms with E-state index in [1.165, 1.54) is 11.5 Å². The van der Waals surface area contributed by atoms with Gasteiger partial charge in [-0.05, 0) is 30.8 Å². The Morgan fingerprint density at radius 1 is 1.45 bits per heavy atom. The Balaban J connectivity index is 2.26. The van der Waals surface area contributed by atoms with Crippen LogP contribution in [0.5, 0.6) is 0 Å². The second kappa shape index (κ2) is 6.28. The number of piperidine rings is 1. The van der Waals surface area contributed by atoms with Gasteiger partial charge in [0.05, 0.1) is 11.9 Å². The second-order valence-corrected chi connectivity index (χ2v) is 7.74. The third-order valence-corrected chi connectivity index (χ3v) is 6.53. The SMILES string of the molecule is CCCS(=O)(=O)c1c(N)nsc1N1CCC(OC)CC1. The normalized spacial score (nSPS) is 17.6. The van der Waals surface area contributed by atoms with Crippen molar-refractivity contribution in [1.29, 1.82) is 0 Å². The Bertz CT molecular complexity index is 548. The van der Waals surface area contributed by atoms with Gasteiger partial charge in [-0.2, -0.15) is 4.37 Å². The Morgan fingerprint density at radius 3 is 2.65 bits per heavy atom. The van der Waals surface area contributed by atoms with E-state index in [0.717, 1.165) is 25.9 Å². The molecule has 0 radical (unpaired) electrons. The molecular weight excluding hydrogens is 298 g/mol. The number of anilines is 2. The molecule has 0 bridgehead atoms. The van der Waals surface area contributed by atoms with Gasteiger partial charge in [-0.3, -0.25) is 0 Å².